The normalized spacial score (nSPS) is 17.2. The van der Waals surface area contributed by atoms with E-state index in [1.807, 2.05) is 12.1 Å². The Morgan fingerprint density at radius 3 is 2.33 bits per heavy atom. The van der Waals surface area contributed by atoms with Crippen LogP contribution in [0.5, 0.6) is 0 Å². The van der Waals surface area contributed by atoms with E-state index in [-0.39, 0.29) is 5.97 Å². The van der Waals surface area contributed by atoms with Crippen molar-refractivity contribution in [3.05, 3.63) is 35.4 Å². The van der Waals surface area contributed by atoms with Crippen LogP contribution >= 0.6 is 0 Å². The van der Waals surface area contributed by atoms with E-state index in [2.05, 4.69) is 23.8 Å². The summed E-state index contributed by atoms with van der Waals surface area (Å²) >= 11 is 0. The van der Waals surface area contributed by atoms with Gasteiger partial charge in [0.05, 0.1) is 12.7 Å². The van der Waals surface area contributed by atoms with Gasteiger partial charge in [-0.05, 0) is 42.4 Å². The number of carbonyl (C=O) groups excluding carboxylic acids is 1. The first-order valence-electron chi connectivity index (χ1n) is 5.41. The molecule has 1 aliphatic carbocycles. The van der Waals surface area contributed by atoms with Crippen molar-refractivity contribution in [2.75, 3.05) is 7.11 Å². The highest BCUT2D eigenvalue weighted by molar-refractivity contribution is 5.89. The fourth-order valence-electron chi connectivity index (χ4n) is 2.07. The monoisotopic (exact) mass is 204 g/mol. The minimum atomic E-state index is -0.261. The second-order valence-electron chi connectivity index (χ2n) is 4.20. The van der Waals surface area contributed by atoms with Gasteiger partial charge in [-0.15, -0.1) is 0 Å². The number of hydrogen-bond acceptors (Lipinski definition) is 2. The lowest BCUT2D eigenvalue weighted by atomic mass is 9.92. The van der Waals surface area contributed by atoms with Gasteiger partial charge >= 0.3 is 5.97 Å². The molecule has 0 atom stereocenters. The van der Waals surface area contributed by atoms with Crippen LogP contribution in [0.1, 0.15) is 42.1 Å². The highest BCUT2D eigenvalue weighted by Gasteiger charge is 2.42. The van der Waals surface area contributed by atoms with Crippen LogP contribution in [0.4, 0.5) is 0 Å². The highest BCUT2D eigenvalue weighted by Crippen LogP contribution is 2.50. The Hall–Kier alpha value is -1.31. The molecule has 0 unspecified atom stereocenters. The summed E-state index contributed by atoms with van der Waals surface area (Å²) in [7, 11) is 1.41. The lowest BCUT2D eigenvalue weighted by Gasteiger charge is -2.12. The van der Waals surface area contributed by atoms with Crippen LogP contribution in [0.3, 0.4) is 0 Å². The molecule has 1 aliphatic rings. The number of ether oxygens (including phenoxy) is 1. The van der Waals surface area contributed by atoms with Crippen LogP contribution in [-0.2, 0) is 10.2 Å². The maximum absolute atomic E-state index is 11.2. The molecular formula is C13H16O2. The first-order chi connectivity index (χ1) is 7.22. The Bertz CT molecular complexity index is 361. The maximum Gasteiger partial charge on any atom is 0.337 e. The van der Waals surface area contributed by atoms with E-state index in [1.54, 1.807) is 0 Å². The van der Waals surface area contributed by atoms with Crippen LogP contribution in [0, 0.1) is 0 Å². The van der Waals surface area contributed by atoms with Crippen molar-refractivity contribution >= 4 is 5.97 Å². The third kappa shape index (κ3) is 1.76. The zero-order valence-corrected chi connectivity index (χ0v) is 9.25. The molecule has 2 nitrogen and oxygen atoms in total. The van der Waals surface area contributed by atoms with Crippen molar-refractivity contribution in [2.45, 2.75) is 31.6 Å². The summed E-state index contributed by atoms with van der Waals surface area (Å²) in [6.07, 6.45) is 3.74. The van der Waals surface area contributed by atoms with E-state index in [0.29, 0.717) is 11.0 Å². The van der Waals surface area contributed by atoms with E-state index in [4.69, 9.17) is 0 Å². The van der Waals surface area contributed by atoms with Crippen LogP contribution in [0.15, 0.2) is 24.3 Å². The molecule has 15 heavy (non-hydrogen) atoms. The summed E-state index contributed by atoms with van der Waals surface area (Å²) in [6.45, 7) is 2.22. The minimum Gasteiger partial charge on any atom is -0.465 e. The quantitative estimate of drug-likeness (QED) is 0.708. The lowest BCUT2D eigenvalue weighted by Crippen LogP contribution is -2.06. The first-order valence-corrected chi connectivity index (χ1v) is 5.41. The van der Waals surface area contributed by atoms with Crippen LogP contribution in [0.2, 0.25) is 0 Å². The average molecular weight is 204 g/mol. The smallest absolute Gasteiger partial charge is 0.337 e. The van der Waals surface area contributed by atoms with Crippen molar-refractivity contribution in [3.8, 4) is 0 Å². The molecule has 2 rings (SSSR count). The van der Waals surface area contributed by atoms with Gasteiger partial charge in [0.2, 0.25) is 0 Å². The molecule has 0 aromatic heterocycles. The number of hydrogen-bond donors (Lipinski definition) is 0. The molecule has 1 aromatic carbocycles. The summed E-state index contributed by atoms with van der Waals surface area (Å²) in [5, 5.41) is 0. The number of benzene rings is 1. The van der Waals surface area contributed by atoms with Gasteiger partial charge in [0.25, 0.3) is 0 Å². The zero-order chi connectivity index (χ0) is 10.9. The van der Waals surface area contributed by atoms with E-state index in [9.17, 15) is 4.79 Å². The summed E-state index contributed by atoms with van der Waals surface area (Å²) < 4.78 is 4.66. The van der Waals surface area contributed by atoms with Crippen molar-refractivity contribution < 1.29 is 9.53 Å². The van der Waals surface area contributed by atoms with Gasteiger partial charge in [0, 0.05) is 0 Å². The fraction of sp³-hybridized carbons (Fsp3) is 0.462. The molecule has 0 radical (unpaired) electrons. The van der Waals surface area contributed by atoms with Crippen molar-refractivity contribution in [3.63, 3.8) is 0 Å². The Balaban J connectivity index is 2.21. The number of esters is 1. The minimum absolute atomic E-state index is 0.261. The molecule has 2 heteroatoms. The second-order valence-corrected chi connectivity index (χ2v) is 4.20. The third-order valence-corrected chi connectivity index (χ3v) is 3.45. The highest BCUT2D eigenvalue weighted by atomic mass is 16.5. The standard InChI is InChI=1S/C13H16O2/c1-3-13(8-9-13)11-6-4-10(5-7-11)12(14)15-2/h4-7H,3,8-9H2,1-2H3. The molecule has 1 saturated carbocycles. The Morgan fingerprint density at radius 1 is 1.33 bits per heavy atom. The molecule has 1 fully saturated rings. The summed E-state index contributed by atoms with van der Waals surface area (Å²) in [5.41, 5.74) is 2.40. The zero-order valence-electron chi connectivity index (χ0n) is 9.25. The van der Waals surface area contributed by atoms with Gasteiger partial charge < -0.3 is 4.74 Å². The van der Waals surface area contributed by atoms with Gasteiger partial charge in [-0.3, -0.25) is 0 Å². The van der Waals surface area contributed by atoms with E-state index in [1.165, 1.54) is 31.9 Å². The molecular weight excluding hydrogens is 188 g/mol. The molecule has 80 valence electrons. The Kier molecular flexibility index (Phi) is 2.51. The predicted octanol–water partition coefficient (Wildman–Crippen LogP) is 2.91. The number of carbonyl (C=O) groups is 1. The van der Waals surface area contributed by atoms with Crippen molar-refractivity contribution in [1.82, 2.24) is 0 Å². The van der Waals surface area contributed by atoms with Crippen molar-refractivity contribution in [1.29, 1.82) is 0 Å². The first kappa shape index (κ1) is 10.2. The van der Waals surface area contributed by atoms with Crippen LogP contribution < -0.4 is 0 Å². The van der Waals surface area contributed by atoms with Crippen LogP contribution in [-0.4, -0.2) is 13.1 Å². The Morgan fingerprint density at radius 2 is 1.93 bits per heavy atom. The van der Waals surface area contributed by atoms with E-state index < -0.39 is 0 Å². The fourth-order valence-corrected chi connectivity index (χ4v) is 2.07. The van der Waals surface area contributed by atoms with Crippen molar-refractivity contribution in [2.24, 2.45) is 0 Å². The van der Waals surface area contributed by atoms with Gasteiger partial charge in [-0.25, -0.2) is 4.79 Å². The lowest BCUT2D eigenvalue weighted by molar-refractivity contribution is 0.0600. The average Bonchev–Trinajstić information content (AvgIpc) is 3.09. The molecule has 0 N–H and O–H groups in total. The molecule has 0 saturated heterocycles. The molecule has 1 aromatic rings. The third-order valence-electron chi connectivity index (χ3n) is 3.45. The molecule has 0 aliphatic heterocycles. The second kappa shape index (κ2) is 3.69. The summed E-state index contributed by atoms with van der Waals surface area (Å²) in [6, 6.07) is 7.83. The van der Waals surface area contributed by atoms with Gasteiger partial charge in [-0.1, -0.05) is 19.1 Å². The summed E-state index contributed by atoms with van der Waals surface area (Å²) in [4.78, 5) is 11.2. The largest absolute Gasteiger partial charge is 0.465 e. The van der Waals surface area contributed by atoms with Gasteiger partial charge in [0.1, 0.15) is 0 Å². The molecule has 0 spiro atoms. The topological polar surface area (TPSA) is 26.3 Å². The molecule has 0 bridgehead atoms. The SMILES string of the molecule is CCC1(c2ccc(C(=O)OC)cc2)CC1. The van der Waals surface area contributed by atoms with Gasteiger partial charge in [0.15, 0.2) is 0 Å². The number of methoxy groups -OCH3 is 1. The summed E-state index contributed by atoms with van der Waals surface area (Å²) in [5.74, 6) is -0.261. The maximum atomic E-state index is 11.2. The van der Waals surface area contributed by atoms with E-state index in [0.717, 1.165) is 0 Å². The number of rotatable bonds is 3. The van der Waals surface area contributed by atoms with Gasteiger partial charge in [-0.2, -0.15) is 0 Å². The molecule has 0 amide bonds. The predicted molar refractivity (Wildman–Crippen MR) is 59.0 cm³/mol. The molecule has 0 heterocycles. The Labute approximate surface area is 90.3 Å². The van der Waals surface area contributed by atoms with Crippen LogP contribution in [0.25, 0.3) is 0 Å². The van der Waals surface area contributed by atoms with E-state index >= 15 is 0 Å².